The van der Waals surface area contributed by atoms with Crippen LogP contribution in [0.2, 0.25) is 0 Å². The van der Waals surface area contributed by atoms with Crippen LogP contribution in [-0.2, 0) is 6.54 Å². The predicted molar refractivity (Wildman–Crippen MR) is 78.1 cm³/mol. The lowest BCUT2D eigenvalue weighted by Crippen LogP contribution is -2.27. The van der Waals surface area contributed by atoms with E-state index in [1.807, 2.05) is 6.07 Å². The second-order valence-electron chi connectivity index (χ2n) is 4.69. The molecule has 0 aromatic heterocycles. The number of para-hydroxylation sites is 1. The molecule has 21 heavy (non-hydrogen) atoms. The summed E-state index contributed by atoms with van der Waals surface area (Å²) in [6, 6.07) is 10.4. The highest BCUT2D eigenvalue weighted by molar-refractivity contribution is 5.99. The topological polar surface area (TPSA) is 32.3 Å². The van der Waals surface area contributed by atoms with E-state index < -0.39 is 11.6 Å². The molecule has 0 bridgehead atoms. The van der Waals surface area contributed by atoms with Crippen LogP contribution in [0.5, 0.6) is 0 Å². The van der Waals surface area contributed by atoms with Crippen molar-refractivity contribution < 1.29 is 13.6 Å². The normalized spacial score (nSPS) is 10.3. The van der Waals surface area contributed by atoms with Crippen LogP contribution in [0.1, 0.15) is 15.9 Å². The summed E-state index contributed by atoms with van der Waals surface area (Å²) in [7, 11) is 3.31. The molecule has 0 spiro atoms. The average molecular weight is 290 g/mol. The number of anilines is 1. The van der Waals surface area contributed by atoms with E-state index in [2.05, 4.69) is 5.32 Å². The smallest absolute Gasteiger partial charge is 0.255 e. The molecule has 0 heterocycles. The van der Waals surface area contributed by atoms with Gasteiger partial charge in [-0.15, -0.1) is 0 Å². The van der Waals surface area contributed by atoms with Crippen molar-refractivity contribution in [3.8, 4) is 0 Å². The summed E-state index contributed by atoms with van der Waals surface area (Å²) >= 11 is 0. The van der Waals surface area contributed by atoms with Crippen molar-refractivity contribution in [3.05, 3.63) is 65.2 Å². The number of nitrogens with zero attached hydrogens (tertiary/aromatic N) is 1. The Balaban J connectivity index is 2.19. The van der Waals surface area contributed by atoms with E-state index in [4.69, 9.17) is 0 Å². The van der Waals surface area contributed by atoms with Gasteiger partial charge in [-0.3, -0.25) is 4.79 Å². The lowest BCUT2D eigenvalue weighted by molar-refractivity contribution is 0.0785. The molecule has 0 unspecified atom stereocenters. The molecular formula is C16H16F2N2O. The van der Waals surface area contributed by atoms with Gasteiger partial charge in [0.15, 0.2) is 0 Å². The first-order chi connectivity index (χ1) is 10.0. The highest BCUT2D eigenvalue weighted by Gasteiger charge is 2.16. The zero-order chi connectivity index (χ0) is 15.4. The number of hydrogen-bond donors (Lipinski definition) is 1. The molecule has 0 saturated carbocycles. The third kappa shape index (κ3) is 3.37. The van der Waals surface area contributed by atoms with Crippen molar-refractivity contribution in [2.45, 2.75) is 6.54 Å². The molecule has 0 fully saturated rings. The van der Waals surface area contributed by atoms with E-state index in [0.717, 1.165) is 6.07 Å². The Morgan fingerprint density at radius 2 is 1.90 bits per heavy atom. The van der Waals surface area contributed by atoms with E-state index in [-0.39, 0.29) is 18.0 Å². The van der Waals surface area contributed by atoms with Crippen molar-refractivity contribution in [1.82, 2.24) is 4.90 Å². The maximum Gasteiger partial charge on any atom is 0.255 e. The number of benzene rings is 2. The summed E-state index contributed by atoms with van der Waals surface area (Å²) in [6.45, 7) is 0.0724. The third-order valence-corrected chi connectivity index (χ3v) is 3.20. The van der Waals surface area contributed by atoms with Gasteiger partial charge in [0.2, 0.25) is 0 Å². The first kappa shape index (κ1) is 15.0. The Morgan fingerprint density at radius 1 is 1.19 bits per heavy atom. The summed E-state index contributed by atoms with van der Waals surface area (Å²) in [5.74, 6) is -1.52. The van der Waals surface area contributed by atoms with Crippen LogP contribution < -0.4 is 5.32 Å². The third-order valence-electron chi connectivity index (χ3n) is 3.20. The summed E-state index contributed by atoms with van der Waals surface area (Å²) in [5.41, 5.74) is 1.48. The van der Waals surface area contributed by atoms with Crippen LogP contribution in [0, 0.1) is 11.6 Å². The Morgan fingerprint density at radius 3 is 2.57 bits per heavy atom. The molecule has 2 rings (SSSR count). The number of carbonyl (C=O) groups excluding carboxylic acids is 1. The largest absolute Gasteiger partial charge is 0.387 e. The van der Waals surface area contributed by atoms with Gasteiger partial charge in [-0.2, -0.15) is 0 Å². The molecule has 110 valence electrons. The Kier molecular flexibility index (Phi) is 4.52. The summed E-state index contributed by atoms with van der Waals surface area (Å²) in [4.78, 5) is 13.8. The maximum atomic E-state index is 13.6. The second kappa shape index (κ2) is 6.35. The number of halogens is 2. The number of amides is 1. The minimum atomic E-state index is -0.656. The van der Waals surface area contributed by atoms with E-state index >= 15 is 0 Å². The fraction of sp³-hybridized carbons (Fsp3) is 0.188. The molecule has 0 atom stereocenters. The van der Waals surface area contributed by atoms with Crippen molar-refractivity contribution in [2.24, 2.45) is 0 Å². The van der Waals surface area contributed by atoms with Gasteiger partial charge < -0.3 is 10.2 Å². The van der Waals surface area contributed by atoms with Gasteiger partial charge in [-0.05, 0) is 18.2 Å². The van der Waals surface area contributed by atoms with Crippen molar-refractivity contribution >= 4 is 11.6 Å². The van der Waals surface area contributed by atoms with E-state index in [9.17, 15) is 13.6 Å². The Bertz CT molecular complexity index is 658. The van der Waals surface area contributed by atoms with Crippen LogP contribution in [0.25, 0.3) is 0 Å². The highest BCUT2D eigenvalue weighted by Crippen LogP contribution is 2.18. The van der Waals surface area contributed by atoms with E-state index in [0.29, 0.717) is 11.3 Å². The molecule has 3 nitrogen and oxygen atoms in total. The number of hydrogen-bond acceptors (Lipinski definition) is 2. The van der Waals surface area contributed by atoms with Crippen LogP contribution in [0.4, 0.5) is 14.5 Å². The van der Waals surface area contributed by atoms with Gasteiger partial charge in [0.05, 0.1) is 5.56 Å². The fourth-order valence-corrected chi connectivity index (χ4v) is 2.07. The molecule has 0 radical (unpaired) electrons. The zero-order valence-corrected chi connectivity index (χ0v) is 11.9. The first-order valence-corrected chi connectivity index (χ1v) is 6.49. The minimum Gasteiger partial charge on any atom is -0.387 e. The lowest BCUT2D eigenvalue weighted by Gasteiger charge is -2.19. The minimum absolute atomic E-state index is 0.0724. The van der Waals surface area contributed by atoms with Crippen LogP contribution in [0.15, 0.2) is 42.5 Å². The number of nitrogens with one attached hydrogen (secondary N) is 1. The molecule has 0 aliphatic heterocycles. The fourth-order valence-electron chi connectivity index (χ4n) is 2.07. The van der Waals surface area contributed by atoms with Crippen molar-refractivity contribution in [3.63, 3.8) is 0 Å². The van der Waals surface area contributed by atoms with Gasteiger partial charge in [0, 0.05) is 38.0 Å². The van der Waals surface area contributed by atoms with Gasteiger partial charge in [-0.25, -0.2) is 8.78 Å². The number of rotatable bonds is 4. The average Bonchev–Trinajstić information content (AvgIpc) is 2.49. The first-order valence-electron chi connectivity index (χ1n) is 6.49. The van der Waals surface area contributed by atoms with E-state index in [1.54, 1.807) is 32.3 Å². The molecule has 2 aromatic carbocycles. The Labute approximate surface area is 122 Å². The molecule has 5 heteroatoms. The number of carbonyl (C=O) groups is 1. The molecule has 2 aromatic rings. The molecular weight excluding hydrogens is 274 g/mol. The van der Waals surface area contributed by atoms with Crippen LogP contribution in [-0.4, -0.2) is 24.9 Å². The quantitative estimate of drug-likeness (QED) is 0.937. The standard InChI is InChI=1S/C16H16F2N2O/c1-19-15-6-4-3-5-13(15)16(21)20(2)10-11-7-8-12(17)9-14(11)18/h3-9,19H,10H2,1-2H3. The highest BCUT2D eigenvalue weighted by atomic mass is 19.1. The molecule has 0 saturated heterocycles. The molecule has 1 amide bonds. The Hall–Kier alpha value is -2.43. The summed E-state index contributed by atoms with van der Waals surface area (Å²) in [6.07, 6.45) is 0. The van der Waals surface area contributed by atoms with E-state index in [1.165, 1.54) is 17.0 Å². The molecule has 1 N–H and O–H groups in total. The molecule has 0 aliphatic rings. The maximum absolute atomic E-state index is 13.6. The predicted octanol–water partition coefficient (Wildman–Crippen LogP) is 3.28. The van der Waals surface area contributed by atoms with Crippen molar-refractivity contribution in [2.75, 3.05) is 19.4 Å². The lowest BCUT2D eigenvalue weighted by atomic mass is 10.1. The second-order valence-corrected chi connectivity index (χ2v) is 4.69. The van der Waals surface area contributed by atoms with Gasteiger partial charge in [0.1, 0.15) is 11.6 Å². The van der Waals surface area contributed by atoms with Crippen molar-refractivity contribution in [1.29, 1.82) is 0 Å². The SMILES string of the molecule is CNc1ccccc1C(=O)N(C)Cc1ccc(F)cc1F. The monoisotopic (exact) mass is 290 g/mol. The van der Waals surface area contributed by atoms with Gasteiger partial charge in [0.25, 0.3) is 5.91 Å². The summed E-state index contributed by atoms with van der Waals surface area (Å²) in [5, 5.41) is 2.94. The van der Waals surface area contributed by atoms with Gasteiger partial charge in [-0.1, -0.05) is 18.2 Å². The molecule has 0 aliphatic carbocycles. The van der Waals surface area contributed by atoms with Gasteiger partial charge >= 0.3 is 0 Å². The van der Waals surface area contributed by atoms with Crippen LogP contribution >= 0.6 is 0 Å². The summed E-state index contributed by atoms with van der Waals surface area (Å²) < 4.78 is 26.5. The van der Waals surface area contributed by atoms with Crippen LogP contribution in [0.3, 0.4) is 0 Å². The zero-order valence-electron chi connectivity index (χ0n) is 11.9.